The Kier molecular flexibility index (Phi) is 4.66. The second kappa shape index (κ2) is 7.04. The largest absolute Gasteiger partial charge is 0.507 e. The fourth-order valence-corrected chi connectivity index (χ4v) is 4.57. The van der Waals surface area contributed by atoms with Gasteiger partial charge in [0.05, 0.1) is 23.8 Å². The number of aliphatic hydroxyl groups excluding tert-OH is 1. The number of rotatable bonds is 4. The first-order valence-electron chi connectivity index (χ1n) is 9.39. The number of ether oxygens (including phenoxy) is 1. The van der Waals surface area contributed by atoms with E-state index in [0.717, 1.165) is 0 Å². The van der Waals surface area contributed by atoms with Gasteiger partial charge in [0.1, 0.15) is 23.8 Å². The highest BCUT2D eigenvalue weighted by Crippen LogP contribution is 2.48. The van der Waals surface area contributed by atoms with Crippen LogP contribution in [0.3, 0.4) is 0 Å². The molecule has 8 nitrogen and oxygen atoms in total. The third kappa shape index (κ3) is 2.66. The number of nitroso groups, excluding NO2 is 1. The SMILES string of the molecule is COC1=C2C(=O)c3c(O)c4c(c(N=O)c3C(=O)C2=CCC1)CC(C(=O)CO)CC4. The van der Waals surface area contributed by atoms with E-state index in [1.165, 1.54) is 7.11 Å². The molecule has 0 saturated carbocycles. The van der Waals surface area contributed by atoms with Crippen LogP contribution in [0.1, 0.15) is 51.1 Å². The molecule has 1 unspecified atom stereocenters. The lowest BCUT2D eigenvalue weighted by molar-refractivity contribution is -0.125. The Hall–Kier alpha value is -3.13. The van der Waals surface area contributed by atoms with E-state index >= 15 is 0 Å². The monoisotopic (exact) mass is 397 g/mol. The van der Waals surface area contributed by atoms with Crippen LogP contribution in [-0.4, -0.2) is 41.3 Å². The number of methoxy groups -OCH3 is 1. The Morgan fingerprint density at radius 3 is 2.62 bits per heavy atom. The molecule has 0 spiro atoms. The molecule has 8 heteroatoms. The number of phenols is 1. The molecule has 1 aromatic rings. The van der Waals surface area contributed by atoms with Crippen LogP contribution in [-0.2, 0) is 22.4 Å². The molecule has 0 heterocycles. The molecule has 2 N–H and O–H groups in total. The lowest BCUT2D eigenvalue weighted by Crippen LogP contribution is -2.30. The van der Waals surface area contributed by atoms with E-state index in [2.05, 4.69) is 5.18 Å². The summed E-state index contributed by atoms with van der Waals surface area (Å²) in [6.07, 6.45) is 3.25. The van der Waals surface area contributed by atoms with Crippen molar-refractivity contribution in [2.24, 2.45) is 11.1 Å². The second-order valence-electron chi connectivity index (χ2n) is 7.38. The molecule has 0 bridgehead atoms. The van der Waals surface area contributed by atoms with Crippen molar-refractivity contribution in [3.8, 4) is 5.75 Å². The standard InChI is InChI=1S/C21H19NO7/c1-29-14-4-2-3-11-15(14)21(27)17-16(20(11)26)18(22-28)12-7-9(13(24)8-23)5-6-10(12)19(17)25/h3,9,23,25H,2,4-8H2,1H3. The van der Waals surface area contributed by atoms with Crippen molar-refractivity contribution in [3.63, 3.8) is 0 Å². The van der Waals surface area contributed by atoms with E-state index in [-0.39, 0.29) is 52.3 Å². The zero-order chi connectivity index (χ0) is 20.9. The highest BCUT2D eigenvalue weighted by atomic mass is 16.5. The van der Waals surface area contributed by atoms with E-state index < -0.39 is 24.1 Å². The summed E-state index contributed by atoms with van der Waals surface area (Å²) in [5, 5.41) is 23.1. The Labute approximate surface area is 165 Å². The molecule has 0 amide bonds. The van der Waals surface area contributed by atoms with Gasteiger partial charge in [-0.2, -0.15) is 0 Å². The van der Waals surface area contributed by atoms with Gasteiger partial charge in [-0.05, 0) is 36.4 Å². The first kappa shape index (κ1) is 19.2. The van der Waals surface area contributed by atoms with E-state index in [9.17, 15) is 24.4 Å². The molecule has 1 atom stereocenters. The number of carbonyl (C=O) groups is 3. The number of allylic oxidation sites excluding steroid dienone is 4. The van der Waals surface area contributed by atoms with Gasteiger partial charge in [0.15, 0.2) is 11.6 Å². The number of Topliss-reactive ketones (excluding diaryl/α,β-unsaturated/α-hetero) is 3. The van der Waals surface area contributed by atoms with Crippen LogP contribution in [0.15, 0.2) is 28.2 Å². The van der Waals surface area contributed by atoms with Gasteiger partial charge in [-0.3, -0.25) is 14.4 Å². The molecule has 0 aromatic heterocycles. The summed E-state index contributed by atoms with van der Waals surface area (Å²) >= 11 is 0. The Bertz CT molecular complexity index is 1050. The topological polar surface area (TPSA) is 130 Å². The van der Waals surface area contributed by atoms with Crippen molar-refractivity contribution in [2.45, 2.75) is 32.1 Å². The number of hydrogen-bond donors (Lipinski definition) is 2. The maximum atomic E-state index is 13.2. The minimum absolute atomic E-state index is 0.0726. The van der Waals surface area contributed by atoms with Gasteiger partial charge in [0.2, 0.25) is 5.78 Å². The van der Waals surface area contributed by atoms with Crippen molar-refractivity contribution < 1.29 is 29.3 Å². The predicted molar refractivity (Wildman–Crippen MR) is 101 cm³/mol. The fourth-order valence-electron chi connectivity index (χ4n) is 4.57. The highest BCUT2D eigenvalue weighted by Gasteiger charge is 2.43. The van der Waals surface area contributed by atoms with Gasteiger partial charge in [-0.1, -0.05) is 6.08 Å². The van der Waals surface area contributed by atoms with Crippen molar-refractivity contribution in [1.29, 1.82) is 0 Å². The van der Waals surface area contributed by atoms with Crippen LogP contribution in [0.2, 0.25) is 0 Å². The summed E-state index contributed by atoms with van der Waals surface area (Å²) in [4.78, 5) is 50.2. The Balaban J connectivity index is 1.99. The molecule has 29 heavy (non-hydrogen) atoms. The molecular formula is C21H19NO7. The minimum atomic E-state index is -0.626. The Morgan fingerprint density at radius 1 is 1.21 bits per heavy atom. The molecular weight excluding hydrogens is 378 g/mol. The zero-order valence-corrected chi connectivity index (χ0v) is 15.8. The Morgan fingerprint density at radius 2 is 1.97 bits per heavy atom. The number of fused-ring (bicyclic) bond motifs is 3. The molecule has 1 aromatic carbocycles. The number of ketones is 3. The predicted octanol–water partition coefficient (Wildman–Crippen LogP) is 2.46. The average molecular weight is 397 g/mol. The quantitative estimate of drug-likeness (QED) is 0.746. The number of aromatic hydroxyl groups is 1. The van der Waals surface area contributed by atoms with Crippen LogP contribution < -0.4 is 0 Å². The van der Waals surface area contributed by atoms with E-state index in [4.69, 9.17) is 9.84 Å². The maximum absolute atomic E-state index is 13.2. The third-order valence-electron chi connectivity index (χ3n) is 6.00. The second-order valence-corrected chi connectivity index (χ2v) is 7.38. The van der Waals surface area contributed by atoms with Gasteiger partial charge in [-0.15, -0.1) is 4.91 Å². The molecule has 4 rings (SSSR count). The number of hydrogen-bond acceptors (Lipinski definition) is 8. The molecule has 0 radical (unpaired) electrons. The maximum Gasteiger partial charge on any atom is 0.201 e. The van der Waals surface area contributed by atoms with Crippen molar-refractivity contribution in [3.05, 3.63) is 50.1 Å². The number of carbonyl (C=O) groups excluding carboxylic acids is 3. The molecule has 3 aliphatic rings. The van der Waals surface area contributed by atoms with Crippen molar-refractivity contribution >= 4 is 23.0 Å². The van der Waals surface area contributed by atoms with Crippen LogP contribution in [0, 0.1) is 10.8 Å². The molecule has 3 aliphatic carbocycles. The summed E-state index contributed by atoms with van der Waals surface area (Å²) in [6, 6.07) is 0. The van der Waals surface area contributed by atoms with Gasteiger partial charge in [0.25, 0.3) is 0 Å². The van der Waals surface area contributed by atoms with Gasteiger partial charge in [0, 0.05) is 23.5 Å². The summed E-state index contributed by atoms with van der Waals surface area (Å²) < 4.78 is 5.29. The lowest BCUT2D eigenvalue weighted by Gasteiger charge is -2.30. The molecule has 0 fully saturated rings. The van der Waals surface area contributed by atoms with E-state index in [1.807, 2.05) is 0 Å². The normalized spacial score (nSPS) is 20.5. The van der Waals surface area contributed by atoms with Crippen LogP contribution in [0.4, 0.5) is 5.69 Å². The van der Waals surface area contributed by atoms with Gasteiger partial charge in [-0.25, -0.2) is 0 Å². The van der Waals surface area contributed by atoms with Crippen molar-refractivity contribution in [1.82, 2.24) is 0 Å². The van der Waals surface area contributed by atoms with Gasteiger partial charge < -0.3 is 14.9 Å². The number of phenolic OH excluding ortho intramolecular Hbond substituents is 1. The minimum Gasteiger partial charge on any atom is -0.507 e. The lowest BCUT2D eigenvalue weighted by atomic mass is 9.72. The van der Waals surface area contributed by atoms with E-state index in [0.29, 0.717) is 36.1 Å². The first-order chi connectivity index (χ1) is 13.9. The number of aliphatic hydroxyl groups is 1. The van der Waals surface area contributed by atoms with Crippen molar-refractivity contribution in [2.75, 3.05) is 13.7 Å². The summed E-state index contributed by atoms with van der Waals surface area (Å²) in [5.74, 6) is -2.02. The van der Waals surface area contributed by atoms with Crippen LogP contribution in [0.5, 0.6) is 5.75 Å². The molecule has 0 aliphatic heterocycles. The van der Waals surface area contributed by atoms with Gasteiger partial charge >= 0.3 is 0 Å². The van der Waals surface area contributed by atoms with Crippen LogP contribution in [0.25, 0.3) is 0 Å². The first-order valence-corrected chi connectivity index (χ1v) is 9.39. The van der Waals surface area contributed by atoms with E-state index in [1.54, 1.807) is 6.08 Å². The number of benzene rings is 1. The summed E-state index contributed by atoms with van der Waals surface area (Å²) in [5.41, 5.74) is 0.271. The zero-order valence-electron chi connectivity index (χ0n) is 15.8. The third-order valence-corrected chi connectivity index (χ3v) is 6.00. The smallest absolute Gasteiger partial charge is 0.201 e. The molecule has 150 valence electrons. The summed E-state index contributed by atoms with van der Waals surface area (Å²) in [6.45, 7) is -0.626. The molecule has 0 saturated heterocycles. The highest BCUT2D eigenvalue weighted by molar-refractivity contribution is 6.34. The summed E-state index contributed by atoms with van der Waals surface area (Å²) in [7, 11) is 1.42. The fraction of sp³-hybridized carbons (Fsp3) is 0.381. The van der Waals surface area contributed by atoms with Crippen LogP contribution >= 0.6 is 0 Å². The number of nitrogens with zero attached hydrogens (tertiary/aromatic N) is 1. The average Bonchev–Trinajstić information content (AvgIpc) is 2.75.